The lowest BCUT2D eigenvalue weighted by Gasteiger charge is -2.35. The van der Waals surface area contributed by atoms with Gasteiger partial charge >= 0.3 is 6.09 Å². The number of likely N-dealkylation sites (tertiary alicyclic amines) is 1. The minimum atomic E-state index is -0.421. The molecule has 24 heavy (non-hydrogen) atoms. The molecule has 0 aromatic rings. The Bertz CT molecular complexity index is 364. The van der Waals surface area contributed by atoms with Gasteiger partial charge in [0.1, 0.15) is 5.60 Å². The maximum Gasteiger partial charge on any atom is 0.410 e. The lowest BCUT2D eigenvalue weighted by atomic mass is 10.0. The first-order chi connectivity index (χ1) is 11.2. The van der Waals surface area contributed by atoms with E-state index in [4.69, 9.17) is 4.74 Å². The Hall–Kier alpha value is -0.810. The average Bonchev–Trinajstić information content (AvgIpc) is 2.50. The molecule has 0 aromatic carbocycles. The van der Waals surface area contributed by atoms with E-state index >= 15 is 0 Å². The molecule has 1 saturated heterocycles. The normalized spacial score (nSPS) is 20.3. The Morgan fingerprint density at radius 2 is 2.00 bits per heavy atom. The third kappa shape index (κ3) is 8.34. The van der Waals surface area contributed by atoms with Crippen LogP contribution in [-0.4, -0.2) is 66.3 Å². The lowest BCUT2D eigenvalue weighted by molar-refractivity contribution is 0.0183. The molecule has 0 radical (unpaired) electrons. The quantitative estimate of drug-likeness (QED) is 0.734. The molecule has 5 nitrogen and oxygen atoms in total. The van der Waals surface area contributed by atoms with E-state index < -0.39 is 5.60 Å². The summed E-state index contributed by atoms with van der Waals surface area (Å²) in [6.45, 7) is 17.5. The Morgan fingerprint density at radius 1 is 1.33 bits per heavy atom. The Labute approximate surface area is 149 Å². The smallest absolute Gasteiger partial charge is 0.410 e. The van der Waals surface area contributed by atoms with Gasteiger partial charge in [0.15, 0.2) is 0 Å². The number of hydrogen-bond acceptors (Lipinski definition) is 4. The molecule has 2 atom stereocenters. The van der Waals surface area contributed by atoms with E-state index in [0.29, 0.717) is 12.1 Å². The molecule has 1 aliphatic rings. The Balaban J connectivity index is 2.33. The summed E-state index contributed by atoms with van der Waals surface area (Å²) >= 11 is 0. The van der Waals surface area contributed by atoms with E-state index in [-0.39, 0.29) is 6.09 Å². The fourth-order valence-corrected chi connectivity index (χ4v) is 3.25. The second-order valence-electron chi connectivity index (χ2n) is 8.00. The summed E-state index contributed by atoms with van der Waals surface area (Å²) in [5.74, 6) is 0. The van der Waals surface area contributed by atoms with Crippen molar-refractivity contribution in [1.82, 2.24) is 15.1 Å². The largest absolute Gasteiger partial charge is 0.444 e. The molecule has 1 aliphatic heterocycles. The first-order valence-electron chi connectivity index (χ1n) is 9.71. The summed E-state index contributed by atoms with van der Waals surface area (Å²) in [5, 5.41) is 3.71. The lowest BCUT2D eigenvalue weighted by Crippen LogP contribution is -2.51. The average molecular weight is 342 g/mol. The highest BCUT2D eigenvalue weighted by atomic mass is 16.6. The van der Waals surface area contributed by atoms with Crippen LogP contribution in [0.1, 0.15) is 67.2 Å². The molecule has 2 unspecified atom stereocenters. The highest BCUT2D eigenvalue weighted by Gasteiger charge is 2.28. The van der Waals surface area contributed by atoms with Gasteiger partial charge in [-0.1, -0.05) is 13.8 Å². The topological polar surface area (TPSA) is 44.8 Å². The van der Waals surface area contributed by atoms with Crippen LogP contribution in [0.3, 0.4) is 0 Å². The summed E-state index contributed by atoms with van der Waals surface area (Å²) in [7, 11) is 0. The molecule has 0 spiro atoms. The minimum Gasteiger partial charge on any atom is -0.444 e. The summed E-state index contributed by atoms with van der Waals surface area (Å²) < 4.78 is 5.50. The number of hydrogen-bond donors (Lipinski definition) is 1. The van der Waals surface area contributed by atoms with Crippen LogP contribution in [0, 0.1) is 0 Å². The number of nitrogens with zero attached hydrogens (tertiary/aromatic N) is 2. The first kappa shape index (κ1) is 21.2. The molecule has 1 N–H and O–H groups in total. The van der Waals surface area contributed by atoms with E-state index in [1.807, 2.05) is 25.7 Å². The molecule has 5 heteroatoms. The van der Waals surface area contributed by atoms with Crippen LogP contribution in [-0.2, 0) is 4.74 Å². The van der Waals surface area contributed by atoms with Crippen LogP contribution in [0.4, 0.5) is 4.79 Å². The van der Waals surface area contributed by atoms with Gasteiger partial charge in [-0.15, -0.1) is 0 Å². The van der Waals surface area contributed by atoms with Crippen molar-refractivity contribution in [2.24, 2.45) is 0 Å². The third-order valence-electron chi connectivity index (χ3n) is 4.60. The van der Waals surface area contributed by atoms with Crippen LogP contribution in [0.5, 0.6) is 0 Å². The van der Waals surface area contributed by atoms with Gasteiger partial charge in [0, 0.05) is 25.2 Å². The van der Waals surface area contributed by atoms with Gasteiger partial charge in [0.25, 0.3) is 0 Å². The SMILES string of the molecule is CCN(CC)CCCC(C)NC1CCCN(C(=O)OC(C)(C)C)C1. The zero-order valence-electron chi connectivity index (χ0n) is 16.7. The Morgan fingerprint density at radius 3 is 2.58 bits per heavy atom. The molecule has 1 amide bonds. The van der Waals surface area contributed by atoms with E-state index in [2.05, 4.69) is 31.0 Å². The first-order valence-corrected chi connectivity index (χ1v) is 9.71. The van der Waals surface area contributed by atoms with Gasteiger partial charge in [0.05, 0.1) is 0 Å². The van der Waals surface area contributed by atoms with E-state index in [9.17, 15) is 4.79 Å². The second-order valence-corrected chi connectivity index (χ2v) is 8.00. The zero-order chi connectivity index (χ0) is 18.2. The van der Waals surface area contributed by atoms with Crippen LogP contribution in [0.15, 0.2) is 0 Å². The van der Waals surface area contributed by atoms with Gasteiger partial charge in [-0.25, -0.2) is 4.79 Å². The second kappa shape index (κ2) is 10.2. The van der Waals surface area contributed by atoms with Crippen molar-refractivity contribution in [2.75, 3.05) is 32.7 Å². The molecule has 0 bridgehead atoms. The molecule has 1 fully saturated rings. The molecule has 1 rings (SSSR count). The zero-order valence-corrected chi connectivity index (χ0v) is 16.7. The van der Waals surface area contributed by atoms with Crippen LogP contribution < -0.4 is 5.32 Å². The molecule has 0 aromatic heterocycles. The van der Waals surface area contributed by atoms with Crippen LogP contribution >= 0.6 is 0 Å². The van der Waals surface area contributed by atoms with E-state index in [1.54, 1.807) is 0 Å². The number of piperidine rings is 1. The molecule has 0 saturated carbocycles. The molecule has 0 aliphatic carbocycles. The highest BCUT2D eigenvalue weighted by molar-refractivity contribution is 5.68. The monoisotopic (exact) mass is 341 g/mol. The van der Waals surface area contributed by atoms with E-state index in [1.165, 1.54) is 19.4 Å². The summed E-state index contributed by atoms with van der Waals surface area (Å²) in [5.41, 5.74) is -0.421. The summed E-state index contributed by atoms with van der Waals surface area (Å²) in [4.78, 5) is 16.6. The van der Waals surface area contributed by atoms with Gasteiger partial charge in [-0.05, 0) is 73.0 Å². The molecule has 1 heterocycles. The molecular formula is C19H39N3O2. The number of amides is 1. The van der Waals surface area contributed by atoms with Gasteiger partial charge in [-0.2, -0.15) is 0 Å². The minimum absolute atomic E-state index is 0.178. The van der Waals surface area contributed by atoms with Gasteiger partial charge in [0.2, 0.25) is 0 Å². The third-order valence-corrected chi connectivity index (χ3v) is 4.60. The van der Waals surface area contributed by atoms with E-state index in [0.717, 1.165) is 39.0 Å². The van der Waals surface area contributed by atoms with Crippen molar-refractivity contribution in [3.8, 4) is 0 Å². The van der Waals surface area contributed by atoms with Crippen molar-refractivity contribution in [3.63, 3.8) is 0 Å². The highest BCUT2D eigenvalue weighted by Crippen LogP contribution is 2.16. The number of carbonyl (C=O) groups excluding carboxylic acids is 1. The predicted octanol–water partition coefficient (Wildman–Crippen LogP) is 3.49. The fourth-order valence-electron chi connectivity index (χ4n) is 3.25. The number of rotatable bonds is 8. The maximum absolute atomic E-state index is 12.2. The maximum atomic E-state index is 12.2. The van der Waals surface area contributed by atoms with Crippen molar-refractivity contribution in [1.29, 1.82) is 0 Å². The summed E-state index contributed by atoms with van der Waals surface area (Å²) in [6.07, 6.45) is 4.41. The standard InChI is InChI=1S/C19H39N3O2/c1-7-21(8-2)13-9-11-16(3)20-17-12-10-14-22(15-17)18(23)24-19(4,5)6/h16-17,20H,7-15H2,1-6H3. The van der Waals surface area contributed by atoms with Crippen molar-refractivity contribution in [2.45, 2.75) is 84.9 Å². The van der Waals surface area contributed by atoms with Gasteiger partial charge < -0.3 is 19.9 Å². The number of carbonyl (C=O) groups is 1. The Kier molecular flexibility index (Phi) is 9.06. The van der Waals surface area contributed by atoms with Crippen molar-refractivity contribution in [3.05, 3.63) is 0 Å². The fraction of sp³-hybridized carbons (Fsp3) is 0.947. The number of ether oxygens (including phenoxy) is 1. The number of nitrogens with one attached hydrogen (secondary N) is 1. The molecular weight excluding hydrogens is 302 g/mol. The predicted molar refractivity (Wildman–Crippen MR) is 100 cm³/mol. The van der Waals surface area contributed by atoms with Gasteiger partial charge in [-0.3, -0.25) is 0 Å². The van der Waals surface area contributed by atoms with Crippen molar-refractivity contribution < 1.29 is 9.53 Å². The summed E-state index contributed by atoms with van der Waals surface area (Å²) in [6, 6.07) is 0.874. The van der Waals surface area contributed by atoms with Crippen LogP contribution in [0.2, 0.25) is 0 Å². The van der Waals surface area contributed by atoms with Crippen molar-refractivity contribution >= 4 is 6.09 Å². The molecule has 142 valence electrons. The van der Waals surface area contributed by atoms with Crippen LogP contribution in [0.25, 0.3) is 0 Å².